The molecule has 0 aliphatic heterocycles. The van der Waals surface area contributed by atoms with E-state index in [2.05, 4.69) is 5.32 Å². The number of carbonyl (C=O) groups is 1. The van der Waals surface area contributed by atoms with Crippen molar-refractivity contribution in [2.75, 3.05) is 17.3 Å². The normalized spacial score (nSPS) is 11.3. The minimum absolute atomic E-state index is 0.0395. The van der Waals surface area contributed by atoms with Crippen molar-refractivity contribution in [3.05, 3.63) is 52.6 Å². The molecule has 0 unspecified atom stereocenters. The van der Waals surface area contributed by atoms with Gasteiger partial charge in [0.05, 0.1) is 21.3 Å². The Bertz CT molecular complexity index is 847. The number of anilines is 1. The van der Waals surface area contributed by atoms with Gasteiger partial charge in [-0.05, 0) is 42.3 Å². The molecule has 0 spiro atoms. The van der Waals surface area contributed by atoms with Crippen LogP contribution < -0.4 is 5.32 Å². The highest BCUT2D eigenvalue weighted by Gasteiger charge is 2.30. The van der Waals surface area contributed by atoms with E-state index in [1.165, 1.54) is 42.1 Å². The van der Waals surface area contributed by atoms with Crippen LogP contribution in [0.1, 0.15) is 0 Å². The van der Waals surface area contributed by atoms with Crippen molar-refractivity contribution >= 4 is 52.6 Å². The fraction of sp³-hybridized carbons (Fsp3) is 0.188. The second kappa shape index (κ2) is 9.38. The van der Waals surface area contributed by atoms with Crippen LogP contribution in [0.15, 0.2) is 57.2 Å². The second-order valence-corrected chi connectivity index (χ2v) is 7.98. The van der Waals surface area contributed by atoms with Crippen molar-refractivity contribution in [3.8, 4) is 0 Å². The van der Waals surface area contributed by atoms with Crippen molar-refractivity contribution in [1.82, 2.24) is 0 Å². The molecule has 2 aromatic carbocycles. The third kappa shape index (κ3) is 6.67. The van der Waals surface area contributed by atoms with Gasteiger partial charge in [-0.2, -0.15) is 13.2 Å². The largest absolute Gasteiger partial charge is 0.446 e. The van der Waals surface area contributed by atoms with Crippen molar-refractivity contribution < 1.29 is 22.9 Å². The van der Waals surface area contributed by atoms with Crippen molar-refractivity contribution in [3.63, 3.8) is 0 Å². The van der Waals surface area contributed by atoms with E-state index in [4.69, 9.17) is 0 Å². The number of nitrogens with zero attached hydrogens (tertiary/aromatic N) is 1. The molecule has 1 N–H and O–H groups in total. The number of halogens is 3. The Balaban J connectivity index is 2.07. The molecule has 0 heterocycles. The fourth-order valence-corrected chi connectivity index (χ4v) is 3.87. The quantitative estimate of drug-likeness (QED) is 0.344. The Hall–Kier alpha value is -1.85. The number of benzene rings is 2. The highest BCUT2D eigenvalue weighted by atomic mass is 32.2. The van der Waals surface area contributed by atoms with Crippen molar-refractivity contribution in [2.24, 2.45) is 0 Å². The average molecular weight is 434 g/mol. The Labute approximate surface area is 165 Å². The predicted molar refractivity (Wildman–Crippen MR) is 103 cm³/mol. The number of hydrogen-bond donors (Lipinski definition) is 1. The molecule has 0 saturated carbocycles. The van der Waals surface area contributed by atoms with Crippen molar-refractivity contribution in [2.45, 2.75) is 20.2 Å². The summed E-state index contributed by atoms with van der Waals surface area (Å²) in [7, 11) is 0. The van der Waals surface area contributed by atoms with Gasteiger partial charge in [-0.15, -0.1) is 23.5 Å². The van der Waals surface area contributed by atoms with Gasteiger partial charge in [0, 0.05) is 15.9 Å². The summed E-state index contributed by atoms with van der Waals surface area (Å²) in [6.07, 6.45) is 1.79. The first-order valence-electron chi connectivity index (χ1n) is 7.29. The van der Waals surface area contributed by atoms with Crippen LogP contribution in [0.2, 0.25) is 0 Å². The summed E-state index contributed by atoms with van der Waals surface area (Å²) >= 11 is 1.98. The molecular formula is C16H13F3N2O3S3. The number of carbonyl (C=O) groups excluding carboxylic acids is 1. The van der Waals surface area contributed by atoms with Crippen LogP contribution >= 0.6 is 35.3 Å². The molecule has 144 valence electrons. The maximum Gasteiger partial charge on any atom is 0.446 e. The number of nitro benzene ring substituents is 1. The van der Waals surface area contributed by atoms with Gasteiger partial charge in [0.2, 0.25) is 5.91 Å². The first-order valence-corrected chi connectivity index (χ1v) is 10.3. The van der Waals surface area contributed by atoms with Gasteiger partial charge in [0.1, 0.15) is 0 Å². The minimum atomic E-state index is -4.48. The maximum absolute atomic E-state index is 12.6. The zero-order chi connectivity index (χ0) is 20.0. The van der Waals surface area contributed by atoms with E-state index in [-0.39, 0.29) is 33.8 Å². The molecule has 1 amide bonds. The van der Waals surface area contributed by atoms with Crippen LogP contribution in [0, 0.1) is 10.1 Å². The molecule has 27 heavy (non-hydrogen) atoms. The fourth-order valence-electron chi connectivity index (χ4n) is 2.00. The first-order chi connectivity index (χ1) is 12.7. The molecule has 0 radical (unpaired) electrons. The zero-order valence-electron chi connectivity index (χ0n) is 13.8. The molecule has 2 aromatic rings. The predicted octanol–water partition coefficient (Wildman–Crippen LogP) is 5.66. The average Bonchev–Trinajstić information content (AvgIpc) is 2.60. The van der Waals surface area contributed by atoms with Gasteiger partial charge in [-0.25, -0.2) is 0 Å². The van der Waals surface area contributed by atoms with Crippen LogP contribution in [0.5, 0.6) is 0 Å². The lowest BCUT2D eigenvalue weighted by Crippen LogP contribution is -2.15. The van der Waals surface area contributed by atoms with Crippen LogP contribution in [-0.2, 0) is 4.79 Å². The highest BCUT2D eigenvalue weighted by molar-refractivity contribution is 8.00. The van der Waals surface area contributed by atoms with Crippen LogP contribution in [0.25, 0.3) is 0 Å². The van der Waals surface area contributed by atoms with E-state index < -0.39 is 16.3 Å². The number of nitro groups is 1. The van der Waals surface area contributed by atoms with Gasteiger partial charge in [0.15, 0.2) is 0 Å². The summed E-state index contributed by atoms with van der Waals surface area (Å²) in [4.78, 5) is 23.7. The van der Waals surface area contributed by atoms with Gasteiger partial charge in [0.25, 0.3) is 5.69 Å². The lowest BCUT2D eigenvalue weighted by atomic mass is 10.3. The molecule has 0 aliphatic carbocycles. The Morgan fingerprint density at radius 1 is 1.19 bits per heavy atom. The molecule has 0 aromatic heterocycles. The zero-order valence-corrected chi connectivity index (χ0v) is 16.2. The third-order valence-electron chi connectivity index (χ3n) is 3.11. The maximum atomic E-state index is 12.6. The number of nitrogens with one attached hydrogen (secondary N) is 1. The van der Waals surface area contributed by atoms with Crippen LogP contribution in [0.4, 0.5) is 24.5 Å². The lowest BCUT2D eigenvalue weighted by molar-refractivity contribution is -0.387. The Morgan fingerprint density at radius 2 is 1.89 bits per heavy atom. The molecule has 0 aliphatic rings. The minimum Gasteiger partial charge on any atom is -0.324 e. The smallest absolute Gasteiger partial charge is 0.324 e. The first kappa shape index (κ1) is 21.5. The third-order valence-corrected chi connectivity index (χ3v) is 5.70. The molecular weight excluding hydrogens is 421 g/mol. The molecule has 0 bridgehead atoms. The van der Waals surface area contributed by atoms with E-state index in [9.17, 15) is 28.1 Å². The number of alkyl halides is 3. The number of amides is 1. The van der Waals surface area contributed by atoms with Gasteiger partial charge in [-0.1, -0.05) is 12.1 Å². The van der Waals surface area contributed by atoms with E-state index in [1.807, 2.05) is 0 Å². The van der Waals surface area contributed by atoms with Gasteiger partial charge >= 0.3 is 5.51 Å². The summed E-state index contributed by atoms with van der Waals surface area (Å²) < 4.78 is 37.8. The van der Waals surface area contributed by atoms with Crippen molar-refractivity contribution in [1.29, 1.82) is 0 Å². The number of rotatable bonds is 7. The van der Waals surface area contributed by atoms with E-state index in [0.717, 1.165) is 11.8 Å². The summed E-state index contributed by atoms with van der Waals surface area (Å²) in [5.41, 5.74) is -4.56. The second-order valence-electron chi connectivity index (χ2n) is 4.97. The van der Waals surface area contributed by atoms with E-state index in [0.29, 0.717) is 9.79 Å². The molecule has 0 atom stereocenters. The summed E-state index contributed by atoms with van der Waals surface area (Å²) in [5, 5.41) is 13.6. The van der Waals surface area contributed by atoms with Gasteiger partial charge < -0.3 is 5.32 Å². The van der Waals surface area contributed by atoms with Crippen LogP contribution in [-0.4, -0.2) is 28.3 Å². The Kier molecular flexibility index (Phi) is 7.45. The highest BCUT2D eigenvalue weighted by Crippen LogP contribution is 2.40. The topological polar surface area (TPSA) is 72.2 Å². The molecule has 5 nitrogen and oxygen atoms in total. The summed E-state index contributed by atoms with van der Waals surface area (Å²) in [6.45, 7) is 0. The molecule has 2 rings (SSSR count). The van der Waals surface area contributed by atoms with E-state index >= 15 is 0 Å². The van der Waals surface area contributed by atoms with E-state index in [1.54, 1.807) is 18.4 Å². The number of thioether (sulfide) groups is 3. The summed E-state index contributed by atoms with van der Waals surface area (Å²) in [6, 6.07) is 10.2. The molecule has 0 fully saturated rings. The van der Waals surface area contributed by atoms with Crippen LogP contribution in [0.3, 0.4) is 0 Å². The van der Waals surface area contributed by atoms with Gasteiger partial charge in [-0.3, -0.25) is 14.9 Å². The lowest BCUT2D eigenvalue weighted by Gasteiger charge is -2.12. The molecule has 11 heteroatoms. The standard InChI is InChI=1S/C16H13F3N2O3S3/c1-25-10-6-7-14(12(8-10)21(23)24)26-9-15(22)20-11-4-2-3-5-13(11)27-16(17,18)19/h2-8H,9H2,1H3,(H,20,22). The monoisotopic (exact) mass is 434 g/mol. The number of para-hydroxylation sites is 1. The molecule has 0 saturated heterocycles. The number of hydrogen-bond acceptors (Lipinski definition) is 6. The SMILES string of the molecule is CSc1ccc(SCC(=O)Nc2ccccc2SC(F)(F)F)c([N+](=O)[O-])c1. The Morgan fingerprint density at radius 3 is 2.52 bits per heavy atom. The summed E-state index contributed by atoms with van der Waals surface area (Å²) in [5.74, 6) is -0.733.